The number of fused-ring (bicyclic) bond motifs is 1. The van der Waals surface area contributed by atoms with Crippen molar-refractivity contribution in [1.29, 1.82) is 0 Å². The maximum absolute atomic E-state index is 12.9. The van der Waals surface area contributed by atoms with Gasteiger partial charge in [0.25, 0.3) is 0 Å². The number of piperidine rings is 3. The lowest BCUT2D eigenvalue weighted by molar-refractivity contribution is -0.136. The summed E-state index contributed by atoms with van der Waals surface area (Å²) in [6, 6.07) is 14.0. The fraction of sp³-hybridized carbons (Fsp3) is 0.605. The molecule has 2 aromatic carbocycles. The zero-order valence-corrected chi connectivity index (χ0v) is 31.4. The zero-order valence-electron chi connectivity index (χ0n) is 29.8. The number of urea groups is 1. The van der Waals surface area contributed by atoms with Crippen LogP contribution in [0.3, 0.4) is 0 Å². The predicted octanol–water partition coefficient (Wildman–Crippen LogP) is 5.87. The number of ether oxygens (including phenoxy) is 1. The summed E-state index contributed by atoms with van der Waals surface area (Å²) in [7, 11) is 1.40. The number of carbonyl (C=O) groups is 3. The summed E-state index contributed by atoms with van der Waals surface area (Å²) in [6.45, 7) is 9.62. The van der Waals surface area contributed by atoms with Crippen molar-refractivity contribution in [2.45, 2.75) is 89.3 Å². The maximum atomic E-state index is 12.9. The fourth-order valence-electron chi connectivity index (χ4n) is 7.77. The van der Waals surface area contributed by atoms with Crippen molar-refractivity contribution in [3.8, 4) is 5.75 Å². The molecule has 0 spiro atoms. The standard InChI is InChI=1S/C22H33BrN2O3.C16H21N3O3/c1-3-22(28)8-12-24(13-9-22)18-6-10-25(11-7-18)21(27)16(2)14-17-4-5-20(26)19(23)15-17;1-22-16(21)18-9-7-13(8-10-18)19-11-6-12-4-2-3-5-14(12)17-15(19)20/h4-5,15-16,18,26,28H,3,6-14H2,1-2H3;2-5,13H,6-11H2,1H3,(H,17,20)/t16-;/m1./s1. The molecule has 50 heavy (non-hydrogen) atoms. The number of anilines is 1. The average Bonchev–Trinajstić information content (AvgIpc) is 3.31. The molecule has 0 aliphatic carbocycles. The minimum Gasteiger partial charge on any atom is -0.507 e. The number of hydrogen-bond acceptors (Lipinski definition) is 7. The highest BCUT2D eigenvalue weighted by molar-refractivity contribution is 9.10. The second-order valence-electron chi connectivity index (χ2n) is 14.3. The number of halogens is 1. The number of rotatable bonds is 6. The number of hydrogen-bond donors (Lipinski definition) is 3. The molecule has 1 atom stereocenters. The van der Waals surface area contributed by atoms with E-state index in [2.05, 4.69) is 39.1 Å². The fourth-order valence-corrected chi connectivity index (χ4v) is 8.19. The quantitative estimate of drug-likeness (QED) is 0.337. The maximum Gasteiger partial charge on any atom is 0.409 e. The molecule has 274 valence electrons. The number of nitrogens with zero attached hydrogens (tertiary/aromatic N) is 4. The van der Waals surface area contributed by atoms with Gasteiger partial charge in [-0.2, -0.15) is 0 Å². The second-order valence-corrected chi connectivity index (χ2v) is 15.1. The first kappa shape index (κ1) is 37.9. The number of amides is 4. The molecule has 4 aliphatic rings. The molecule has 0 aromatic heterocycles. The molecule has 12 heteroatoms. The van der Waals surface area contributed by atoms with Gasteiger partial charge in [-0.25, -0.2) is 9.59 Å². The van der Waals surface area contributed by atoms with Gasteiger partial charge in [-0.3, -0.25) is 4.79 Å². The Morgan fingerprint density at radius 2 is 1.60 bits per heavy atom. The number of likely N-dealkylation sites (tertiary alicyclic amines) is 3. The highest BCUT2D eigenvalue weighted by Crippen LogP contribution is 2.30. The van der Waals surface area contributed by atoms with E-state index in [1.54, 1.807) is 11.0 Å². The van der Waals surface area contributed by atoms with E-state index >= 15 is 0 Å². The number of aliphatic hydroxyl groups is 1. The van der Waals surface area contributed by atoms with Gasteiger partial charge < -0.3 is 39.9 Å². The molecule has 3 N–H and O–H groups in total. The van der Waals surface area contributed by atoms with E-state index in [9.17, 15) is 24.6 Å². The largest absolute Gasteiger partial charge is 0.507 e. The first-order valence-corrected chi connectivity index (χ1v) is 19.0. The van der Waals surface area contributed by atoms with E-state index in [4.69, 9.17) is 4.74 Å². The second kappa shape index (κ2) is 17.2. The average molecular weight is 757 g/mol. The van der Waals surface area contributed by atoms with Crippen molar-refractivity contribution in [1.82, 2.24) is 19.6 Å². The third kappa shape index (κ3) is 9.50. The predicted molar refractivity (Wildman–Crippen MR) is 197 cm³/mol. The Hall–Kier alpha value is -3.35. The Kier molecular flexibility index (Phi) is 13.1. The Morgan fingerprint density at radius 1 is 0.960 bits per heavy atom. The Morgan fingerprint density at radius 3 is 2.24 bits per heavy atom. The molecular formula is C38H54BrN5O6. The summed E-state index contributed by atoms with van der Waals surface area (Å²) in [5.74, 6) is 0.379. The third-order valence-electron chi connectivity index (χ3n) is 11.1. The highest BCUT2D eigenvalue weighted by atomic mass is 79.9. The summed E-state index contributed by atoms with van der Waals surface area (Å²) in [5.41, 5.74) is 2.66. The van der Waals surface area contributed by atoms with Crippen LogP contribution in [0.4, 0.5) is 15.3 Å². The number of benzene rings is 2. The monoisotopic (exact) mass is 755 g/mol. The van der Waals surface area contributed by atoms with Crippen LogP contribution in [-0.2, 0) is 22.4 Å². The Balaban J connectivity index is 0.000000200. The molecule has 3 saturated heterocycles. The molecule has 0 unspecified atom stereocenters. The molecular weight excluding hydrogens is 702 g/mol. The lowest BCUT2D eigenvalue weighted by Gasteiger charge is -2.44. The van der Waals surface area contributed by atoms with Crippen molar-refractivity contribution >= 4 is 39.6 Å². The van der Waals surface area contributed by atoms with Crippen molar-refractivity contribution in [2.75, 3.05) is 58.2 Å². The van der Waals surface area contributed by atoms with Gasteiger partial charge >= 0.3 is 12.1 Å². The van der Waals surface area contributed by atoms with Crippen LogP contribution < -0.4 is 5.32 Å². The highest BCUT2D eigenvalue weighted by Gasteiger charge is 2.35. The minimum absolute atomic E-state index is 0.0403. The Labute approximate surface area is 305 Å². The van der Waals surface area contributed by atoms with Gasteiger partial charge in [-0.1, -0.05) is 38.1 Å². The molecule has 0 bridgehead atoms. The molecule has 11 nitrogen and oxygen atoms in total. The summed E-state index contributed by atoms with van der Waals surface area (Å²) < 4.78 is 5.42. The number of nitrogens with one attached hydrogen (secondary N) is 1. The van der Waals surface area contributed by atoms with E-state index in [0.29, 0.717) is 36.6 Å². The van der Waals surface area contributed by atoms with Gasteiger partial charge in [-0.05, 0) is 103 Å². The molecule has 2 aromatic rings. The molecule has 4 amide bonds. The van der Waals surface area contributed by atoms with Crippen LogP contribution in [0.25, 0.3) is 0 Å². The van der Waals surface area contributed by atoms with Crippen LogP contribution in [-0.4, -0.2) is 118 Å². The molecule has 3 fully saturated rings. The van der Waals surface area contributed by atoms with Crippen molar-refractivity contribution in [3.05, 3.63) is 58.1 Å². The SMILES string of the molecule is CCC1(O)CCN(C2CCN(C(=O)[C@H](C)Cc3ccc(O)c(Br)c3)CC2)CC1.COC(=O)N1CCC(N2CCc3ccccc3NC2=O)CC1. The lowest BCUT2D eigenvalue weighted by atomic mass is 9.87. The number of phenolic OH excluding ortho intramolecular Hbond substituents is 1. The summed E-state index contributed by atoms with van der Waals surface area (Å²) >= 11 is 3.34. The lowest BCUT2D eigenvalue weighted by Crippen LogP contribution is -2.52. The smallest absolute Gasteiger partial charge is 0.409 e. The number of carbonyl (C=O) groups excluding carboxylic acids is 3. The summed E-state index contributed by atoms with van der Waals surface area (Å²) in [5, 5.41) is 23.1. The van der Waals surface area contributed by atoms with Crippen molar-refractivity contribution in [3.63, 3.8) is 0 Å². The van der Waals surface area contributed by atoms with Gasteiger partial charge in [0, 0.05) is 69.5 Å². The number of para-hydroxylation sites is 1. The van der Waals surface area contributed by atoms with E-state index in [-0.39, 0.29) is 35.7 Å². The van der Waals surface area contributed by atoms with Gasteiger partial charge in [0.1, 0.15) is 5.75 Å². The third-order valence-corrected chi connectivity index (χ3v) is 11.8. The van der Waals surface area contributed by atoms with Crippen LogP contribution in [0.15, 0.2) is 46.9 Å². The van der Waals surface area contributed by atoms with Gasteiger partial charge in [0.2, 0.25) is 5.91 Å². The van der Waals surface area contributed by atoms with E-state index in [0.717, 1.165) is 88.8 Å². The van der Waals surface area contributed by atoms with E-state index in [1.807, 2.05) is 47.1 Å². The molecule has 4 aliphatic heterocycles. The van der Waals surface area contributed by atoms with Crippen molar-refractivity contribution in [2.24, 2.45) is 5.92 Å². The van der Waals surface area contributed by atoms with E-state index < -0.39 is 5.60 Å². The molecule has 6 rings (SSSR count). The summed E-state index contributed by atoms with van der Waals surface area (Å²) in [4.78, 5) is 45.0. The van der Waals surface area contributed by atoms with Crippen molar-refractivity contribution < 1.29 is 29.3 Å². The first-order valence-electron chi connectivity index (χ1n) is 18.2. The van der Waals surface area contributed by atoms with Crippen LogP contribution in [0, 0.1) is 5.92 Å². The van der Waals surface area contributed by atoms with Crippen LogP contribution in [0.2, 0.25) is 0 Å². The Bertz CT molecular complexity index is 1470. The molecule has 0 radical (unpaired) electrons. The van der Waals surface area contributed by atoms with E-state index in [1.165, 1.54) is 12.7 Å². The normalized spacial score (nSPS) is 20.9. The topological polar surface area (TPSA) is 126 Å². The molecule has 4 heterocycles. The van der Waals surface area contributed by atoms with Gasteiger partial charge in [-0.15, -0.1) is 0 Å². The van der Waals surface area contributed by atoms with Gasteiger partial charge in [0.05, 0.1) is 17.2 Å². The number of methoxy groups -OCH3 is 1. The zero-order chi connectivity index (χ0) is 35.8. The number of phenols is 1. The van der Waals surface area contributed by atoms with Gasteiger partial charge in [0.15, 0.2) is 0 Å². The number of aromatic hydroxyl groups is 1. The minimum atomic E-state index is -0.466. The van der Waals surface area contributed by atoms with Crippen LogP contribution in [0.1, 0.15) is 69.9 Å². The first-order chi connectivity index (χ1) is 24.0. The van der Waals surface area contributed by atoms with Crippen LogP contribution >= 0.6 is 15.9 Å². The van der Waals surface area contributed by atoms with Crippen LogP contribution in [0.5, 0.6) is 5.75 Å². The summed E-state index contributed by atoms with van der Waals surface area (Å²) in [6.07, 6.45) is 7.43. The molecule has 0 saturated carbocycles.